The molecule has 0 fully saturated rings. The van der Waals surface area contributed by atoms with Crippen LogP contribution in [0.2, 0.25) is 0 Å². The Morgan fingerprint density at radius 3 is 2.81 bits per heavy atom. The summed E-state index contributed by atoms with van der Waals surface area (Å²) >= 11 is 0. The van der Waals surface area contributed by atoms with E-state index in [9.17, 15) is 8.78 Å². The van der Waals surface area contributed by atoms with Crippen molar-refractivity contribution in [1.29, 1.82) is 0 Å². The van der Waals surface area contributed by atoms with Gasteiger partial charge in [-0.25, -0.2) is 8.78 Å². The molecule has 2 nitrogen and oxygen atoms in total. The summed E-state index contributed by atoms with van der Waals surface area (Å²) < 4.78 is 24.0. The third kappa shape index (κ3) is 4.58. The Labute approximate surface area is 95.7 Å². The predicted octanol–water partition coefficient (Wildman–Crippen LogP) is 2.19. The second-order valence-electron chi connectivity index (χ2n) is 4.86. The molecule has 0 radical (unpaired) electrons. The second-order valence-corrected chi connectivity index (χ2v) is 4.86. The van der Waals surface area contributed by atoms with Gasteiger partial charge in [0.2, 0.25) is 0 Å². The van der Waals surface area contributed by atoms with Crippen molar-refractivity contribution >= 4 is 0 Å². The monoisotopic (exact) mass is 233 g/mol. The summed E-state index contributed by atoms with van der Waals surface area (Å²) in [6, 6.07) is 0. The van der Waals surface area contributed by atoms with Gasteiger partial charge in [-0.3, -0.25) is 0 Å². The van der Waals surface area contributed by atoms with E-state index in [0.29, 0.717) is 18.4 Å². The van der Waals surface area contributed by atoms with Gasteiger partial charge in [-0.1, -0.05) is 18.6 Å². The molecule has 1 aliphatic rings. The Bertz CT molecular complexity index is 243. The van der Waals surface area contributed by atoms with Gasteiger partial charge < -0.3 is 10.4 Å². The molecule has 3 atom stereocenters. The standard InChI is InChI=1S/C12H21F2NO/c1-8-3-9(2)5-10(4-8)6-15-7-11(16)12(13)14/h3,8,10-12,15-16H,4-7H2,1-2H3. The molecule has 0 heterocycles. The topological polar surface area (TPSA) is 32.3 Å². The molecular weight excluding hydrogens is 212 g/mol. The first kappa shape index (κ1) is 13.6. The molecule has 16 heavy (non-hydrogen) atoms. The highest BCUT2D eigenvalue weighted by Gasteiger charge is 2.20. The number of aliphatic hydroxyl groups excluding tert-OH is 1. The van der Waals surface area contributed by atoms with Gasteiger partial charge in [-0.05, 0) is 38.1 Å². The van der Waals surface area contributed by atoms with Gasteiger partial charge in [0, 0.05) is 6.54 Å². The smallest absolute Gasteiger partial charge is 0.265 e. The van der Waals surface area contributed by atoms with Crippen molar-refractivity contribution in [3.05, 3.63) is 11.6 Å². The average molecular weight is 233 g/mol. The van der Waals surface area contributed by atoms with Crippen LogP contribution in [0.5, 0.6) is 0 Å². The van der Waals surface area contributed by atoms with Gasteiger partial charge in [0.15, 0.2) is 0 Å². The number of hydrogen-bond acceptors (Lipinski definition) is 2. The molecule has 94 valence electrons. The van der Waals surface area contributed by atoms with Crippen LogP contribution in [-0.2, 0) is 0 Å². The van der Waals surface area contributed by atoms with E-state index in [1.807, 2.05) is 0 Å². The van der Waals surface area contributed by atoms with Crippen molar-refractivity contribution in [1.82, 2.24) is 5.32 Å². The van der Waals surface area contributed by atoms with Gasteiger partial charge >= 0.3 is 0 Å². The fourth-order valence-electron chi connectivity index (χ4n) is 2.37. The Morgan fingerprint density at radius 2 is 2.25 bits per heavy atom. The molecule has 1 rings (SSSR count). The number of rotatable bonds is 5. The van der Waals surface area contributed by atoms with Crippen LogP contribution in [0.1, 0.15) is 26.7 Å². The minimum atomic E-state index is -2.65. The molecule has 4 heteroatoms. The predicted molar refractivity (Wildman–Crippen MR) is 60.5 cm³/mol. The van der Waals surface area contributed by atoms with Crippen LogP contribution in [0.25, 0.3) is 0 Å². The molecule has 3 unspecified atom stereocenters. The Balaban J connectivity index is 2.21. The van der Waals surface area contributed by atoms with Crippen molar-refractivity contribution in [2.45, 2.75) is 39.2 Å². The quantitative estimate of drug-likeness (QED) is 0.713. The molecule has 0 amide bonds. The van der Waals surface area contributed by atoms with Crippen LogP contribution in [0.4, 0.5) is 8.78 Å². The molecule has 0 bridgehead atoms. The Kier molecular flexibility index (Phi) is 5.35. The molecule has 0 aliphatic heterocycles. The maximum atomic E-state index is 12.0. The summed E-state index contributed by atoms with van der Waals surface area (Å²) in [6.45, 7) is 4.96. The zero-order chi connectivity index (χ0) is 12.1. The lowest BCUT2D eigenvalue weighted by Gasteiger charge is -2.26. The minimum absolute atomic E-state index is 0.0225. The Morgan fingerprint density at radius 1 is 1.56 bits per heavy atom. The highest BCUT2D eigenvalue weighted by Crippen LogP contribution is 2.27. The van der Waals surface area contributed by atoms with Gasteiger partial charge in [-0.2, -0.15) is 0 Å². The first-order valence-electron chi connectivity index (χ1n) is 5.83. The maximum absolute atomic E-state index is 12.0. The van der Waals surface area contributed by atoms with E-state index in [4.69, 9.17) is 5.11 Å². The van der Waals surface area contributed by atoms with Crippen LogP contribution in [0.15, 0.2) is 11.6 Å². The molecule has 0 saturated carbocycles. The second kappa shape index (κ2) is 6.30. The molecule has 0 spiro atoms. The van der Waals surface area contributed by atoms with Crippen LogP contribution >= 0.6 is 0 Å². The van der Waals surface area contributed by atoms with Crippen LogP contribution in [0, 0.1) is 11.8 Å². The van der Waals surface area contributed by atoms with Gasteiger partial charge in [0.1, 0.15) is 6.10 Å². The first-order chi connectivity index (χ1) is 7.49. The van der Waals surface area contributed by atoms with Crippen molar-refractivity contribution in [2.75, 3.05) is 13.1 Å². The Hall–Kier alpha value is -0.480. The number of halogens is 2. The van der Waals surface area contributed by atoms with Crippen LogP contribution in [0.3, 0.4) is 0 Å². The van der Waals surface area contributed by atoms with E-state index in [1.165, 1.54) is 5.57 Å². The van der Waals surface area contributed by atoms with E-state index < -0.39 is 12.5 Å². The lowest BCUT2D eigenvalue weighted by molar-refractivity contribution is -0.00370. The van der Waals surface area contributed by atoms with Gasteiger partial charge in [-0.15, -0.1) is 0 Å². The summed E-state index contributed by atoms with van der Waals surface area (Å²) in [5.74, 6) is 1.07. The molecule has 2 N–H and O–H groups in total. The average Bonchev–Trinajstić information content (AvgIpc) is 2.15. The number of aliphatic hydroxyl groups is 1. The summed E-state index contributed by atoms with van der Waals surface area (Å²) in [7, 11) is 0. The summed E-state index contributed by atoms with van der Waals surface area (Å²) in [5, 5.41) is 11.9. The van der Waals surface area contributed by atoms with Crippen molar-refractivity contribution in [3.8, 4) is 0 Å². The molecule has 0 saturated heterocycles. The van der Waals surface area contributed by atoms with Crippen LogP contribution in [-0.4, -0.2) is 30.7 Å². The van der Waals surface area contributed by atoms with Gasteiger partial charge in [0.05, 0.1) is 0 Å². The number of hydrogen-bond donors (Lipinski definition) is 2. The molecule has 1 aliphatic carbocycles. The maximum Gasteiger partial charge on any atom is 0.265 e. The third-order valence-corrected chi connectivity index (χ3v) is 2.96. The number of allylic oxidation sites excluding steroid dienone is 2. The van der Waals surface area contributed by atoms with E-state index in [2.05, 4.69) is 25.2 Å². The highest BCUT2D eigenvalue weighted by atomic mass is 19.3. The zero-order valence-electron chi connectivity index (χ0n) is 9.92. The fourth-order valence-corrected chi connectivity index (χ4v) is 2.37. The van der Waals surface area contributed by atoms with Crippen molar-refractivity contribution in [3.63, 3.8) is 0 Å². The highest BCUT2D eigenvalue weighted by molar-refractivity contribution is 5.06. The summed E-state index contributed by atoms with van der Waals surface area (Å²) in [6.07, 6.45) is 0.193. The minimum Gasteiger partial charge on any atom is -0.386 e. The van der Waals surface area contributed by atoms with Crippen molar-refractivity contribution in [2.24, 2.45) is 11.8 Å². The first-order valence-corrected chi connectivity index (χ1v) is 5.83. The number of alkyl halides is 2. The SMILES string of the molecule is CC1=CC(C)CC(CNCC(O)C(F)F)C1. The fraction of sp³-hybridized carbons (Fsp3) is 0.833. The molecular formula is C12H21F2NO. The van der Waals surface area contributed by atoms with Crippen molar-refractivity contribution < 1.29 is 13.9 Å². The van der Waals surface area contributed by atoms with E-state index >= 15 is 0 Å². The summed E-state index contributed by atoms with van der Waals surface area (Å²) in [4.78, 5) is 0. The van der Waals surface area contributed by atoms with E-state index in [-0.39, 0.29) is 6.54 Å². The summed E-state index contributed by atoms with van der Waals surface area (Å²) in [5.41, 5.74) is 1.37. The lowest BCUT2D eigenvalue weighted by Crippen LogP contribution is -2.35. The van der Waals surface area contributed by atoms with E-state index in [0.717, 1.165) is 12.8 Å². The largest absolute Gasteiger partial charge is 0.386 e. The van der Waals surface area contributed by atoms with Crippen LogP contribution < -0.4 is 5.32 Å². The van der Waals surface area contributed by atoms with Gasteiger partial charge in [0.25, 0.3) is 6.43 Å². The third-order valence-electron chi connectivity index (χ3n) is 2.96. The zero-order valence-corrected chi connectivity index (χ0v) is 9.92. The lowest BCUT2D eigenvalue weighted by atomic mass is 9.84. The molecule has 0 aromatic rings. The molecule has 0 aromatic carbocycles. The van der Waals surface area contributed by atoms with E-state index in [1.54, 1.807) is 0 Å². The normalized spacial score (nSPS) is 28.0. The molecule has 0 aromatic heterocycles. The number of nitrogens with one attached hydrogen (secondary N) is 1.